The van der Waals surface area contributed by atoms with Crippen molar-refractivity contribution in [2.24, 2.45) is 0 Å². The molecule has 5 heteroatoms. The molecule has 3 rings (SSSR count). The molecule has 3 aromatic rings. The van der Waals surface area contributed by atoms with Crippen molar-refractivity contribution < 1.29 is 9.53 Å². The molecule has 100 valence electrons. The van der Waals surface area contributed by atoms with Crippen molar-refractivity contribution in [2.45, 2.75) is 0 Å². The molecule has 0 spiro atoms. The fourth-order valence-corrected chi connectivity index (χ4v) is 2.54. The van der Waals surface area contributed by atoms with Gasteiger partial charge < -0.3 is 4.74 Å². The maximum atomic E-state index is 11.3. The van der Waals surface area contributed by atoms with Gasteiger partial charge in [-0.3, -0.25) is 9.36 Å². The zero-order chi connectivity index (χ0) is 14.1. The van der Waals surface area contributed by atoms with Crippen LogP contribution in [0.1, 0.15) is 10.4 Å². The number of ether oxygens (including phenoxy) is 1. The number of benzene rings is 1. The number of fused-ring (bicyclic) bond motifs is 1. The number of hydrogen-bond acceptors (Lipinski definition) is 3. The number of nitrogens with zero attached hydrogens (tertiary/aromatic N) is 2. The molecule has 0 saturated heterocycles. The molecule has 4 nitrogen and oxygen atoms in total. The third kappa shape index (κ3) is 1.85. The van der Waals surface area contributed by atoms with Gasteiger partial charge in [0, 0.05) is 23.3 Å². The van der Waals surface area contributed by atoms with E-state index in [9.17, 15) is 4.79 Å². The molecule has 2 heterocycles. The van der Waals surface area contributed by atoms with Gasteiger partial charge in [0.05, 0.1) is 18.2 Å². The molecule has 0 radical (unpaired) electrons. The first-order chi connectivity index (χ1) is 9.76. The van der Waals surface area contributed by atoms with Crippen molar-refractivity contribution >= 4 is 28.8 Å². The molecule has 0 aliphatic heterocycles. The molecule has 20 heavy (non-hydrogen) atoms. The first kappa shape index (κ1) is 12.7. The Morgan fingerprint density at radius 3 is 2.70 bits per heavy atom. The van der Waals surface area contributed by atoms with E-state index < -0.39 is 0 Å². The van der Waals surface area contributed by atoms with Crippen molar-refractivity contribution in [3.05, 3.63) is 53.3 Å². The Hall–Kier alpha value is -2.33. The number of hydrogen-bond donors (Lipinski definition) is 0. The predicted octanol–water partition coefficient (Wildman–Crippen LogP) is 3.50. The fourth-order valence-electron chi connectivity index (χ4n) is 2.21. The van der Waals surface area contributed by atoms with Gasteiger partial charge in [-0.1, -0.05) is 29.8 Å². The minimum atomic E-state index is 0.372. The molecule has 0 bridgehead atoms. The van der Waals surface area contributed by atoms with Crippen LogP contribution >= 0.6 is 11.6 Å². The summed E-state index contributed by atoms with van der Waals surface area (Å²) in [5.41, 5.74) is 2.10. The standard InChI is InChI=1S/C15H11ClN2O2/c1-20-14-7-13-11(8-17-14)12(9-19)15(16)18(13)10-5-3-2-4-6-10/h2-9H,1H3. The maximum Gasteiger partial charge on any atom is 0.215 e. The summed E-state index contributed by atoms with van der Waals surface area (Å²) < 4.78 is 6.95. The van der Waals surface area contributed by atoms with Crippen LogP contribution in [-0.4, -0.2) is 22.9 Å². The smallest absolute Gasteiger partial charge is 0.215 e. The highest BCUT2D eigenvalue weighted by Crippen LogP contribution is 2.32. The third-order valence-electron chi connectivity index (χ3n) is 3.15. The molecule has 2 aromatic heterocycles. The van der Waals surface area contributed by atoms with Gasteiger partial charge in [0.25, 0.3) is 0 Å². The summed E-state index contributed by atoms with van der Waals surface area (Å²) in [5.74, 6) is 0.473. The van der Waals surface area contributed by atoms with E-state index >= 15 is 0 Å². The highest BCUT2D eigenvalue weighted by molar-refractivity contribution is 6.34. The van der Waals surface area contributed by atoms with Crippen molar-refractivity contribution in [3.8, 4) is 11.6 Å². The van der Waals surface area contributed by atoms with E-state index in [-0.39, 0.29) is 0 Å². The normalized spacial score (nSPS) is 10.7. The lowest BCUT2D eigenvalue weighted by molar-refractivity contribution is 0.112. The van der Waals surface area contributed by atoms with E-state index in [4.69, 9.17) is 16.3 Å². The van der Waals surface area contributed by atoms with Gasteiger partial charge in [0.1, 0.15) is 5.15 Å². The van der Waals surface area contributed by atoms with Gasteiger partial charge in [-0.15, -0.1) is 0 Å². The Balaban J connectivity index is 2.40. The second-order valence-electron chi connectivity index (χ2n) is 4.24. The van der Waals surface area contributed by atoms with Crippen LogP contribution in [0.25, 0.3) is 16.6 Å². The van der Waals surface area contributed by atoms with Crippen LogP contribution in [-0.2, 0) is 0 Å². The number of methoxy groups -OCH3 is 1. The Kier molecular flexibility index (Phi) is 3.16. The molecule has 0 aliphatic carbocycles. The maximum absolute atomic E-state index is 11.3. The average molecular weight is 287 g/mol. The van der Waals surface area contributed by atoms with Crippen LogP contribution in [0.5, 0.6) is 5.88 Å². The number of carbonyl (C=O) groups is 1. The molecule has 0 aliphatic rings. The Morgan fingerprint density at radius 2 is 2.05 bits per heavy atom. The molecule has 1 aromatic carbocycles. The SMILES string of the molecule is COc1cc2c(cn1)c(C=O)c(Cl)n2-c1ccccc1. The molecular weight excluding hydrogens is 276 g/mol. The lowest BCUT2D eigenvalue weighted by atomic mass is 10.2. The number of pyridine rings is 1. The predicted molar refractivity (Wildman–Crippen MR) is 78.0 cm³/mol. The van der Waals surface area contributed by atoms with Gasteiger partial charge in [-0.05, 0) is 12.1 Å². The van der Waals surface area contributed by atoms with Crippen LogP contribution in [0.2, 0.25) is 5.15 Å². The average Bonchev–Trinajstić information content (AvgIpc) is 2.78. The van der Waals surface area contributed by atoms with Gasteiger partial charge in [-0.2, -0.15) is 0 Å². The van der Waals surface area contributed by atoms with Crippen molar-refractivity contribution in [1.29, 1.82) is 0 Å². The first-order valence-electron chi connectivity index (χ1n) is 6.01. The van der Waals surface area contributed by atoms with Gasteiger partial charge >= 0.3 is 0 Å². The molecule has 0 saturated carbocycles. The van der Waals surface area contributed by atoms with E-state index in [0.29, 0.717) is 22.0 Å². The highest BCUT2D eigenvalue weighted by Gasteiger charge is 2.17. The molecule has 0 atom stereocenters. The number of aromatic nitrogens is 2. The lowest BCUT2D eigenvalue weighted by Gasteiger charge is -2.07. The molecular formula is C15H11ClN2O2. The van der Waals surface area contributed by atoms with E-state index in [2.05, 4.69) is 4.98 Å². The summed E-state index contributed by atoms with van der Waals surface area (Å²) in [4.78, 5) is 15.4. The quantitative estimate of drug-likeness (QED) is 0.692. The van der Waals surface area contributed by atoms with Crippen molar-refractivity contribution in [3.63, 3.8) is 0 Å². The molecule has 0 amide bonds. The first-order valence-corrected chi connectivity index (χ1v) is 6.38. The van der Waals surface area contributed by atoms with Crippen molar-refractivity contribution in [2.75, 3.05) is 7.11 Å². The number of carbonyl (C=O) groups excluding carboxylic acids is 1. The van der Waals surface area contributed by atoms with E-state index in [0.717, 1.165) is 17.5 Å². The Bertz CT molecular complexity index is 781. The summed E-state index contributed by atoms with van der Waals surface area (Å²) in [6, 6.07) is 11.4. The number of halogens is 1. The Labute approximate surface area is 120 Å². The zero-order valence-electron chi connectivity index (χ0n) is 10.7. The fraction of sp³-hybridized carbons (Fsp3) is 0.0667. The van der Waals surface area contributed by atoms with Crippen molar-refractivity contribution in [1.82, 2.24) is 9.55 Å². The van der Waals surface area contributed by atoms with Crippen LogP contribution in [0.3, 0.4) is 0 Å². The van der Waals surface area contributed by atoms with Gasteiger partial charge in [-0.25, -0.2) is 4.98 Å². The monoisotopic (exact) mass is 286 g/mol. The van der Waals surface area contributed by atoms with E-state index in [1.165, 1.54) is 0 Å². The van der Waals surface area contributed by atoms with Crippen LogP contribution in [0.4, 0.5) is 0 Å². The zero-order valence-corrected chi connectivity index (χ0v) is 11.5. The third-order valence-corrected chi connectivity index (χ3v) is 3.52. The summed E-state index contributed by atoms with van der Waals surface area (Å²) >= 11 is 6.35. The second-order valence-corrected chi connectivity index (χ2v) is 4.60. The Morgan fingerprint density at radius 1 is 1.30 bits per heavy atom. The summed E-state index contributed by atoms with van der Waals surface area (Å²) in [5, 5.41) is 1.07. The number of para-hydroxylation sites is 1. The van der Waals surface area contributed by atoms with Gasteiger partial charge in [0.2, 0.25) is 5.88 Å². The van der Waals surface area contributed by atoms with Crippen LogP contribution < -0.4 is 4.74 Å². The summed E-state index contributed by atoms with van der Waals surface area (Å²) in [7, 11) is 1.55. The minimum absolute atomic E-state index is 0.372. The van der Waals surface area contributed by atoms with Crippen LogP contribution in [0, 0.1) is 0 Å². The van der Waals surface area contributed by atoms with Crippen LogP contribution in [0.15, 0.2) is 42.6 Å². The van der Waals surface area contributed by atoms with Gasteiger partial charge in [0.15, 0.2) is 6.29 Å². The second kappa shape index (κ2) is 4.98. The lowest BCUT2D eigenvalue weighted by Crippen LogP contribution is -1.94. The highest BCUT2D eigenvalue weighted by atomic mass is 35.5. The number of rotatable bonds is 3. The molecule has 0 unspecified atom stereocenters. The largest absolute Gasteiger partial charge is 0.481 e. The topological polar surface area (TPSA) is 44.1 Å². The molecule has 0 fully saturated rings. The van der Waals surface area contributed by atoms with E-state index in [1.807, 2.05) is 34.9 Å². The minimum Gasteiger partial charge on any atom is -0.481 e. The summed E-state index contributed by atoms with van der Waals surface area (Å²) in [6.07, 6.45) is 2.35. The van der Waals surface area contributed by atoms with E-state index in [1.54, 1.807) is 19.4 Å². The number of aldehydes is 1. The molecule has 0 N–H and O–H groups in total. The summed E-state index contributed by atoms with van der Waals surface area (Å²) in [6.45, 7) is 0.